The van der Waals surface area contributed by atoms with E-state index in [2.05, 4.69) is 0 Å². The Morgan fingerprint density at radius 2 is 1.73 bits per heavy atom. The number of rotatable bonds is 3. The van der Waals surface area contributed by atoms with Gasteiger partial charge in [0, 0.05) is 10.0 Å². The van der Waals surface area contributed by atoms with Gasteiger partial charge in [0.05, 0.1) is 5.41 Å². The highest BCUT2D eigenvalue weighted by Crippen LogP contribution is 2.26. The molecule has 0 atom stereocenters. The fourth-order valence-electron chi connectivity index (χ4n) is 1.30. The lowest BCUT2D eigenvalue weighted by molar-refractivity contribution is -0.146. The number of aliphatic carboxylic acids is 1. The maximum atomic E-state index is 10.9. The van der Waals surface area contributed by atoms with Crippen molar-refractivity contribution in [1.82, 2.24) is 0 Å². The molecular formula is C11H12Cl2O2. The van der Waals surface area contributed by atoms with E-state index >= 15 is 0 Å². The van der Waals surface area contributed by atoms with E-state index in [1.54, 1.807) is 32.0 Å². The summed E-state index contributed by atoms with van der Waals surface area (Å²) in [5, 5.41) is 10.0. The van der Waals surface area contributed by atoms with E-state index in [9.17, 15) is 4.79 Å². The van der Waals surface area contributed by atoms with Gasteiger partial charge in [-0.25, -0.2) is 0 Å². The van der Waals surface area contributed by atoms with Crippen LogP contribution in [0.2, 0.25) is 10.0 Å². The first-order valence-electron chi connectivity index (χ1n) is 4.49. The minimum atomic E-state index is -0.835. The molecule has 1 N–H and O–H groups in total. The van der Waals surface area contributed by atoms with Crippen molar-refractivity contribution in [3.05, 3.63) is 33.8 Å². The van der Waals surface area contributed by atoms with Crippen molar-refractivity contribution < 1.29 is 9.90 Å². The van der Waals surface area contributed by atoms with Gasteiger partial charge in [-0.1, -0.05) is 23.2 Å². The number of benzene rings is 1. The van der Waals surface area contributed by atoms with E-state index in [-0.39, 0.29) is 0 Å². The third-order valence-electron chi connectivity index (χ3n) is 2.15. The zero-order chi connectivity index (χ0) is 11.6. The van der Waals surface area contributed by atoms with Crippen LogP contribution >= 0.6 is 23.2 Å². The lowest BCUT2D eigenvalue weighted by Gasteiger charge is -2.19. The minimum Gasteiger partial charge on any atom is -0.481 e. The van der Waals surface area contributed by atoms with E-state index in [0.717, 1.165) is 5.56 Å². The molecule has 0 aromatic heterocycles. The molecule has 0 saturated carbocycles. The highest BCUT2D eigenvalue weighted by molar-refractivity contribution is 6.34. The minimum absolute atomic E-state index is 0.405. The van der Waals surface area contributed by atoms with Gasteiger partial charge in [-0.3, -0.25) is 4.79 Å². The third-order valence-corrected chi connectivity index (χ3v) is 2.58. The van der Waals surface area contributed by atoms with Crippen molar-refractivity contribution in [1.29, 1.82) is 0 Å². The predicted octanol–water partition coefficient (Wildman–Crippen LogP) is 3.65. The molecule has 1 aromatic rings. The molecule has 1 aromatic carbocycles. The van der Waals surface area contributed by atoms with Crippen LogP contribution in [0.3, 0.4) is 0 Å². The molecule has 0 aliphatic carbocycles. The van der Waals surface area contributed by atoms with Gasteiger partial charge in [-0.05, 0) is 44.0 Å². The lowest BCUT2D eigenvalue weighted by atomic mass is 9.86. The van der Waals surface area contributed by atoms with E-state index in [1.165, 1.54) is 0 Å². The Hall–Kier alpha value is -0.730. The van der Waals surface area contributed by atoms with Crippen LogP contribution < -0.4 is 0 Å². The molecule has 0 amide bonds. The first kappa shape index (κ1) is 12.3. The molecule has 0 spiro atoms. The van der Waals surface area contributed by atoms with Gasteiger partial charge in [-0.15, -0.1) is 0 Å². The average molecular weight is 247 g/mol. The van der Waals surface area contributed by atoms with Gasteiger partial charge < -0.3 is 5.11 Å². The monoisotopic (exact) mass is 246 g/mol. The molecule has 0 bridgehead atoms. The van der Waals surface area contributed by atoms with Crippen LogP contribution in [0.1, 0.15) is 19.4 Å². The quantitative estimate of drug-likeness (QED) is 0.885. The summed E-state index contributed by atoms with van der Waals surface area (Å²) in [6.45, 7) is 3.34. The zero-order valence-corrected chi connectivity index (χ0v) is 10.1. The van der Waals surface area contributed by atoms with Gasteiger partial charge in [-0.2, -0.15) is 0 Å². The van der Waals surface area contributed by atoms with Crippen LogP contribution in [0.15, 0.2) is 18.2 Å². The molecule has 82 valence electrons. The Balaban J connectivity index is 2.94. The normalized spacial score (nSPS) is 11.5. The van der Waals surface area contributed by atoms with Crippen LogP contribution in [0.25, 0.3) is 0 Å². The third kappa shape index (κ3) is 3.40. The van der Waals surface area contributed by atoms with E-state index in [0.29, 0.717) is 16.5 Å². The summed E-state index contributed by atoms with van der Waals surface area (Å²) in [5.41, 5.74) is 0.0217. The summed E-state index contributed by atoms with van der Waals surface area (Å²) >= 11 is 11.7. The number of halogens is 2. The second kappa shape index (κ2) is 4.42. The van der Waals surface area contributed by atoms with Crippen LogP contribution in [-0.4, -0.2) is 11.1 Å². The summed E-state index contributed by atoms with van der Waals surface area (Å²) in [4.78, 5) is 10.9. The standard InChI is InChI=1S/C11H12Cl2O2/c1-11(2,10(14)15)6-7-3-8(12)5-9(13)4-7/h3-5H,6H2,1-2H3,(H,14,15). The Labute approximate surface area is 98.8 Å². The van der Waals surface area contributed by atoms with Crippen molar-refractivity contribution in [3.8, 4) is 0 Å². The Bertz CT molecular complexity index is 366. The topological polar surface area (TPSA) is 37.3 Å². The summed E-state index contributed by atoms with van der Waals surface area (Å²) in [6.07, 6.45) is 0.405. The van der Waals surface area contributed by atoms with E-state index < -0.39 is 11.4 Å². The molecule has 0 fully saturated rings. The van der Waals surface area contributed by atoms with Gasteiger partial charge in [0.15, 0.2) is 0 Å². The second-order valence-electron chi connectivity index (χ2n) is 4.14. The van der Waals surface area contributed by atoms with Gasteiger partial charge in [0.2, 0.25) is 0 Å². The summed E-state index contributed by atoms with van der Waals surface area (Å²) in [7, 11) is 0. The van der Waals surface area contributed by atoms with Crippen molar-refractivity contribution in [2.75, 3.05) is 0 Å². The first-order chi connectivity index (χ1) is 6.81. The molecule has 0 unspecified atom stereocenters. The molecular weight excluding hydrogens is 235 g/mol. The molecule has 0 radical (unpaired) electrons. The fourth-order valence-corrected chi connectivity index (χ4v) is 1.87. The van der Waals surface area contributed by atoms with E-state index in [4.69, 9.17) is 28.3 Å². The van der Waals surface area contributed by atoms with Crippen LogP contribution in [0, 0.1) is 5.41 Å². The van der Waals surface area contributed by atoms with Crippen LogP contribution in [0.5, 0.6) is 0 Å². The molecule has 2 nitrogen and oxygen atoms in total. The van der Waals surface area contributed by atoms with Crippen LogP contribution in [-0.2, 0) is 11.2 Å². The molecule has 0 heterocycles. The highest BCUT2D eigenvalue weighted by Gasteiger charge is 2.27. The van der Waals surface area contributed by atoms with Gasteiger partial charge in [0.25, 0.3) is 0 Å². The average Bonchev–Trinajstić information content (AvgIpc) is 1.99. The SMILES string of the molecule is CC(C)(Cc1cc(Cl)cc(Cl)c1)C(=O)O. The van der Waals surface area contributed by atoms with Gasteiger partial charge in [0.1, 0.15) is 0 Å². The van der Waals surface area contributed by atoms with Crippen molar-refractivity contribution in [2.24, 2.45) is 5.41 Å². The number of carbonyl (C=O) groups is 1. The number of hydrogen-bond acceptors (Lipinski definition) is 1. The maximum Gasteiger partial charge on any atom is 0.309 e. The molecule has 15 heavy (non-hydrogen) atoms. The summed E-state index contributed by atoms with van der Waals surface area (Å²) in [5.74, 6) is -0.835. The lowest BCUT2D eigenvalue weighted by Crippen LogP contribution is -2.26. The Morgan fingerprint density at radius 3 is 2.13 bits per heavy atom. The van der Waals surface area contributed by atoms with E-state index in [1.807, 2.05) is 0 Å². The summed E-state index contributed by atoms with van der Waals surface area (Å²) < 4.78 is 0. The molecule has 4 heteroatoms. The first-order valence-corrected chi connectivity index (χ1v) is 5.25. The van der Waals surface area contributed by atoms with Crippen molar-refractivity contribution in [2.45, 2.75) is 20.3 Å². The van der Waals surface area contributed by atoms with Gasteiger partial charge >= 0.3 is 5.97 Å². The fraction of sp³-hybridized carbons (Fsp3) is 0.364. The molecule has 0 saturated heterocycles. The molecule has 1 rings (SSSR count). The summed E-state index contributed by atoms with van der Waals surface area (Å²) in [6, 6.07) is 5.09. The Kier molecular flexibility index (Phi) is 3.63. The maximum absolute atomic E-state index is 10.9. The van der Waals surface area contributed by atoms with Crippen molar-refractivity contribution >= 4 is 29.2 Å². The largest absolute Gasteiger partial charge is 0.481 e. The number of carboxylic acid groups (broad SMARTS) is 1. The molecule has 0 aliphatic rings. The predicted molar refractivity (Wildman–Crippen MR) is 61.6 cm³/mol. The number of hydrogen-bond donors (Lipinski definition) is 1. The van der Waals surface area contributed by atoms with Crippen LogP contribution in [0.4, 0.5) is 0 Å². The highest BCUT2D eigenvalue weighted by atomic mass is 35.5. The van der Waals surface area contributed by atoms with Crippen molar-refractivity contribution in [3.63, 3.8) is 0 Å². The Morgan fingerprint density at radius 1 is 1.27 bits per heavy atom. The molecule has 0 aliphatic heterocycles. The zero-order valence-electron chi connectivity index (χ0n) is 8.55. The number of carboxylic acids is 1. The smallest absolute Gasteiger partial charge is 0.309 e. The second-order valence-corrected chi connectivity index (χ2v) is 5.02.